The van der Waals surface area contributed by atoms with Crippen molar-refractivity contribution in [2.45, 2.75) is 158 Å². The Balaban J connectivity index is 1.90. The number of methoxy groups -OCH3 is 8. The number of nitrogens with one attached hydrogen (secondary N) is 1. The van der Waals surface area contributed by atoms with Crippen LogP contribution < -0.4 is 5.32 Å². The van der Waals surface area contributed by atoms with E-state index in [1.54, 1.807) is 56.9 Å². The smallest absolute Gasteiger partial charge is 0.220 e. The molecule has 3 aliphatic rings. The van der Waals surface area contributed by atoms with E-state index < -0.39 is 67.5 Å². The fraction of sp³-hybridized carbons (Fsp3) is 0.975. The van der Waals surface area contributed by atoms with Crippen LogP contribution >= 0.6 is 0 Å². The lowest BCUT2D eigenvalue weighted by Crippen LogP contribution is -2.62. The van der Waals surface area contributed by atoms with Crippen molar-refractivity contribution in [3.8, 4) is 0 Å². The highest BCUT2D eigenvalue weighted by Gasteiger charge is 2.50. The first-order valence-corrected chi connectivity index (χ1v) is 20.2. The molecule has 10 atom stereocenters. The summed E-state index contributed by atoms with van der Waals surface area (Å²) < 4.78 is 71.6. The van der Waals surface area contributed by atoms with Crippen LogP contribution in [-0.2, 0) is 61.6 Å². The summed E-state index contributed by atoms with van der Waals surface area (Å²) >= 11 is 0. The largest absolute Gasteiger partial charge is 0.382 e. The number of hydrogen-bond donors (Lipinski definition) is 1. The van der Waals surface area contributed by atoms with E-state index in [0.29, 0.717) is 12.3 Å². The van der Waals surface area contributed by atoms with Crippen molar-refractivity contribution in [3.63, 3.8) is 0 Å². The van der Waals surface area contributed by atoms with Crippen LogP contribution in [0.5, 0.6) is 0 Å². The molecule has 1 N–H and O–H groups in total. The molecule has 0 radical (unpaired) electrons. The lowest BCUT2D eigenvalue weighted by Gasteiger charge is -2.45. The molecule has 54 heavy (non-hydrogen) atoms. The highest BCUT2D eigenvalue weighted by Crippen LogP contribution is 2.48. The number of amides is 1. The minimum absolute atomic E-state index is 0.0105. The maximum atomic E-state index is 14.4. The topological polar surface area (TPSA) is 140 Å². The first-order valence-electron chi connectivity index (χ1n) is 20.2. The van der Waals surface area contributed by atoms with Crippen LogP contribution in [0.15, 0.2) is 0 Å². The third-order valence-electron chi connectivity index (χ3n) is 11.8. The standard InChI is InChI=1S/C40H75NO13/c1-11-13-20-40(21-14-12-2,27-18-16-15-17-19-27)22-31(42)41-28(23-51-38-36(49-9)34(47-7)32(45-5)29(53-38)25-43-3)24-52-39-37(50-10)35(48-8)33(46-6)30(54-39)26-44-4/h27-30,32-39H,11-26H2,1-10H3,(H,41,42)/t28?,29?,30?,32-,33-,34+,35+,36?,37?,38-,39-/m0/s1. The average molecular weight is 778 g/mol. The third-order valence-corrected chi connectivity index (χ3v) is 11.8. The minimum atomic E-state index is -0.842. The van der Waals surface area contributed by atoms with Crippen molar-refractivity contribution in [2.24, 2.45) is 11.3 Å². The van der Waals surface area contributed by atoms with Gasteiger partial charge in [-0.25, -0.2) is 0 Å². The molecular formula is C40H75NO13. The third kappa shape index (κ3) is 12.7. The quantitative estimate of drug-likeness (QED) is 0.130. The summed E-state index contributed by atoms with van der Waals surface area (Å²) in [6, 6.07) is -0.579. The van der Waals surface area contributed by atoms with Crippen molar-refractivity contribution in [3.05, 3.63) is 0 Å². The van der Waals surface area contributed by atoms with Crippen molar-refractivity contribution in [1.82, 2.24) is 5.32 Å². The predicted molar refractivity (Wildman–Crippen MR) is 202 cm³/mol. The number of rotatable bonds is 26. The van der Waals surface area contributed by atoms with Crippen LogP contribution in [0, 0.1) is 11.3 Å². The second kappa shape index (κ2) is 25.4. The van der Waals surface area contributed by atoms with Crippen molar-refractivity contribution in [2.75, 3.05) is 83.3 Å². The first kappa shape index (κ1) is 47.4. The molecular weight excluding hydrogens is 702 g/mol. The first-order chi connectivity index (χ1) is 26.2. The number of unbranched alkanes of at least 4 members (excludes halogenated alkanes) is 2. The Morgan fingerprint density at radius 1 is 0.630 bits per heavy atom. The molecule has 4 unspecified atom stereocenters. The monoisotopic (exact) mass is 778 g/mol. The molecule has 2 heterocycles. The molecule has 1 saturated carbocycles. The number of hydrogen-bond acceptors (Lipinski definition) is 13. The Labute approximate surface area is 325 Å². The minimum Gasteiger partial charge on any atom is -0.382 e. The SMILES string of the molecule is CCCCC(CCCC)(CC(=O)NC(CO[C@H]1OC(COC)[C@H](OC)[C@@H](OC)C1OC)CO[C@H]1OC(COC)[C@H](OC)[C@@H](OC)C1OC)C1CCCCC1. The lowest BCUT2D eigenvalue weighted by atomic mass is 9.62. The van der Waals surface area contributed by atoms with Gasteiger partial charge in [-0.15, -0.1) is 0 Å². The summed E-state index contributed by atoms with van der Waals surface area (Å²) in [6.07, 6.45) is 7.33. The zero-order chi connectivity index (χ0) is 39.5. The Morgan fingerprint density at radius 3 is 1.43 bits per heavy atom. The van der Waals surface area contributed by atoms with Crippen molar-refractivity contribution >= 4 is 5.91 Å². The second-order valence-corrected chi connectivity index (χ2v) is 15.2. The molecule has 0 bridgehead atoms. The molecule has 0 aromatic rings. The van der Waals surface area contributed by atoms with Gasteiger partial charge in [0.1, 0.15) is 48.8 Å². The van der Waals surface area contributed by atoms with Crippen LogP contribution in [0.2, 0.25) is 0 Å². The van der Waals surface area contributed by atoms with Gasteiger partial charge in [-0.05, 0) is 37.0 Å². The molecule has 2 saturated heterocycles. The molecule has 1 amide bonds. The van der Waals surface area contributed by atoms with E-state index in [-0.39, 0.29) is 37.7 Å². The van der Waals surface area contributed by atoms with Gasteiger partial charge in [-0.2, -0.15) is 0 Å². The van der Waals surface area contributed by atoms with Gasteiger partial charge in [0.25, 0.3) is 0 Å². The highest BCUT2D eigenvalue weighted by atomic mass is 16.7. The van der Waals surface area contributed by atoms with E-state index in [2.05, 4.69) is 19.2 Å². The maximum Gasteiger partial charge on any atom is 0.220 e. The van der Waals surface area contributed by atoms with Gasteiger partial charge in [-0.1, -0.05) is 58.8 Å². The summed E-state index contributed by atoms with van der Waals surface area (Å²) in [7, 11) is 12.8. The number of ether oxygens (including phenoxy) is 12. The molecule has 0 spiro atoms. The molecule has 3 rings (SSSR count). The van der Waals surface area contributed by atoms with E-state index in [1.807, 2.05) is 0 Å². The molecule has 0 aromatic heterocycles. The molecule has 0 aromatic carbocycles. The zero-order valence-corrected chi connectivity index (χ0v) is 35.0. The fourth-order valence-electron chi connectivity index (χ4n) is 9.00. The van der Waals surface area contributed by atoms with Gasteiger partial charge in [-0.3, -0.25) is 4.79 Å². The summed E-state index contributed by atoms with van der Waals surface area (Å²) in [5.74, 6) is 0.524. The highest BCUT2D eigenvalue weighted by molar-refractivity contribution is 5.77. The van der Waals surface area contributed by atoms with E-state index in [9.17, 15) is 4.79 Å². The summed E-state index contributed by atoms with van der Waals surface area (Å²) in [6.45, 7) is 5.12. The van der Waals surface area contributed by atoms with Crippen LogP contribution in [0.1, 0.15) is 90.9 Å². The fourth-order valence-corrected chi connectivity index (χ4v) is 9.00. The van der Waals surface area contributed by atoms with Gasteiger partial charge < -0.3 is 62.2 Å². The van der Waals surface area contributed by atoms with Gasteiger partial charge in [0.2, 0.25) is 5.91 Å². The van der Waals surface area contributed by atoms with Gasteiger partial charge in [0.05, 0.1) is 32.5 Å². The Kier molecular flexibility index (Phi) is 22.3. The van der Waals surface area contributed by atoms with E-state index in [0.717, 1.165) is 38.5 Å². The molecule has 3 fully saturated rings. The van der Waals surface area contributed by atoms with Crippen LogP contribution in [-0.4, -0.2) is 157 Å². The predicted octanol–water partition coefficient (Wildman–Crippen LogP) is 4.67. The van der Waals surface area contributed by atoms with Gasteiger partial charge in [0.15, 0.2) is 12.6 Å². The maximum absolute atomic E-state index is 14.4. The number of carbonyl (C=O) groups is 1. The molecule has 14 nitrogen and oxygen atoms in total. The van der Waals surface area contributed by atoms with E-state index in [1.165, 1.54) is 32.1 Å². The molecule has 2 aliphatic heterocycles. The summed E-state index contributed by atoms with van der Waals surface area (Å²) in [5, 5.41) is 3.33. The van der Waals surface area contributed by atoms with Gasteiger partial charge in [0, 0.05) is 63.3 Å². The Bertz CT molecular complexity index is 947. The van der Waals surface area contributed by atoms with Crippen molar-refractivity contribution < 1.29 is 61.6 Å². The molecule has 318 valence electrons. The summed E-state index contributed by atoms with van der Waals surface area (Å²) in [4.78, 5) is 14.4. The second-order valence-electron chi connectivity index (χ2n) is 15.2. The average Bonchev–Trinajstić information content (AvgIpc) is 3.19. The van der Waals surface area contributed by atoms with Crippen LogP contribution in [0.25, 0.3) is 0 Å². The number of carbonyl (C=O) groups excluding carboxylic acids is 1. The molecule has 14 heteroatoms. The van der Waals surface area contributed by atoms with E-state index >= 15 is 0 Å². The van der Waals surface area contributed by atoms with Crippen molar-refractivity contribution in [1.29, 1.82) is 0 Å². The normalized spacial score (nSPS) is 31.7. The van der Waals surface area contributed by atoms with E-state index in [4.69, 9.17) is 56.8 Å². The zero-order valence-electron chi connectivity index (χ0n) is 35.0. The van der Waals surface area contributed by atoms with Crippen LogP contribution in [0.3, 0.4) is 0 Å². The molecule has 1 aliphatic carbocycles. The Hall–Kier alpha value is -1.01. The lowest BCUT2D eigenvalue weighted by molar-refractivity contribution is -0.321. The summed E-state index contributed by atoms with van der Waals surface area (Å²) in [5.41, 5.74) is -0.0491. The van der Waals surface area contributed by atoms with Crippen LogP contribution in [0.4, 0.5) is 0 Å². The Morgan fingerprint density at radius 2 is 1.06 bits per heavy atom. The van der Waals surface area contributed by atoms with Gasteiger partial charge >= 0.3 is 0 Å².